The van der Waals surface area contributed by atoms with Gasteiger partial charge in [0.15, 0.2) is 0 Å². The fourth-order valence-corrected chi connectivity index (χ4v) is 2.78. The second-order valence-corrected chi connectivity index (χ2v) is 5.23. The number of rotatable bonds is 5. The van der Waals surface area contributed by atoms with Gasteiger partial charge in [-0.05, 0) is 31.0 Å². The molecule has 0 fully saturated rings. The third-order valence-corrected chi connectivity index (χ3v) is 3.90. The number of amides is 1. The first kappa shape index (κ1) is 16.9. The number of aromatic nitrogens is 1. The summed E-state index contributed by atoms with van der Waals surface area (Å²) in [6.07, 6.45) is 2.44. The number of esters is 1. The normalized spacial score (nSPS) is 10.6. The Bertz CT molecular complexity index is 721. The molecule has 1 amide bonds. The van der Waals surface area contributed by atoms with Gasteiger partial charge in [-0.25, -0.2) is 4.79 Å². The minimum atomic E-state index is -0.400. The lowest BCUT2D eigenvalue weighted by Crippen LogP contribution is -2.30. The Hall–Kier alpha value is -2.50. The first-order valence-corrected chi connectivity index (χ1v) is 7.52. The monoisotopic (exact) mass is 318 g/mol. The number of hydrogen-bond acceptors (Lipinski definition) is 4. The minimum Gasteiger partial charge on any atom is -0.469 e. The van der Waals surface area contributed by atoms with E-state index in [4.69, 9.17) is 9.47 Å². The average Bonchev–Trinajstić information content (AvgIpc) is 2.90. The smallest absolute Gasteiger partial charge is 0.414 e. The lowest BCUT2D eigenvalue weighted by atomic mass is 10.1. The van der Waals surface area contributed by atoms with Gasteiger partial charge in [0, 0.05) is 31.6 Å². The van der Waals surface area contributed by atoms with Gasteiger partial charge < -0.3 is 14.0 Å². The van der Waals surface area contributed by atoms with E-state index in [2.05, 4.69) is 0 Å². The zero-order valence-electron chi connectivity index (χ0n) is 14.0. The number of ether oxygens (including phenoxy) is 2. The number of fused-ring (bicyclic) bond motifs is 1. The quantitative estimate of drug-likeness (QED) is 0.795. The van der Waals surface area contributed by atoms with Gasteiger partial charge in [-0.1, -0.05) is 6.07 Å². The van der Waals surface area contributed by atoms with Crippen LogP contribution in [0.5, 0.6) is 0 Å². The van der Waals surface area contributed by atoms with Crippen LogP contribution < -0.4 is 4.90 Å². The standard InChI is InChI=1S/C17H22N2O4/c1-5-19(17(21)23-4)14-8-6-7-13-16(14)12(11-18(13)2)9-10-15(20)22-3/h6-8,11H,5,9-10H2,1-4H3. The number of methoxy groups -OCH3 is 2. The van der Waals surface area contributed by atoms with E-state index in [0.717, 1.165) is 22.2 Å². The Kier molecular flexibility index (Phi) is 5.26. The van der Waals surface area contributed by atoms with Crippen LogP contribution >= 0.6 is 0 Å². The summed E-state index contributed by atoms with van der Waals surface area (Å²) < 4.78 is 11.6. The molecule has 124 valence electrons. The molecule has 2 rings (SSSR count). The van der Waals surface area contributed by atoms with E-state index in [1.165, 1.54) is 14.2 Å². The molecule has 23 heavy (non-hydrogen) atoms. The highest BCUT2D eigenvalue weighted by molar-refractivity contribution is 6.02. The zero-order valence-corrected chi connectivity index (χ0v) is 14.0. The molecule has 0 saturated carbocycles. The van der Waals surface area contributed by atoms with Crippen LogP contribution in [0.3, 0.4) is 0 Å². The average molecular weight is 318 g/mol. The van der Waals surface area contributed by atoms with E-state index < -0.39 is 6.09 Å². The number of carbonyl (C=O) groups excluding carboxylic acids is 2. The number of anilines is 1. The Balaban J connectivity index is 2.52. The third kappa shape index (κ3) is 3.31. The molecule has 0 aliphatic rings. The molecule has 2 aromatic rings. The second kappa shape index (κ2) is 7.17. The number of aryl methyl sites for hydroxylation is 2. The van der Waals surface area contributed by atoms with Crippen LogP contribution in [0, 0.1) is 0 Å². The molecule has 0 N–H and O–H groups in total. The summed E-state index contributed by atoms with van der Waals surface area (Å²) in [6, 6.07) is 5.79. The lowest BCUT2D eigenvalue weighted by Gasteiger charge is -2.21. The molecule has 0 unspecified atom stereocenters. The molecule has 6 nitrogen and oxygen atoms in total. The van der Waals surface area contributed by atoms with E-state index in [-0.39, 0.29) is 5.97 Å². The summed E-state index contributed by atoms with van der Waals surface area (Å²) >= 11 is 0. The molecular formula is C17H22N2O4. The summed E-state index contributed by atoms with van der Waals surface area (Å²) in [4.78, 5) is 25.1. The van der Waals surface area contributed by atoms with Gasteiger partial charge in [-0.3, -0.25) is 9.69 Å². The van der Waals surface area contributed by atoms with Gasteiger partial charge in [0.05, 0.1) is 25.4 Å². The minimum absolute atomic E-state index is 0.250. The van der Waals surface area contributed by atoms with Crippen molar-refractivity contribution in [2.45, 2.75) is 19.8 Å². The van der Waals surface area contributed by atoms with Crippen LogP contribution in [-0.2, 0) is 27.7 Å². The van der Waals surface area contributed by atoms with Crippen LogP contribution in [0.1, 0.15) is 18.9 Å². The molecule has 1 aromatic carbocycles. The Morgan fingerprint density at radius 1 is 1.22 bits per heavy atom. The summed E-state index contributed by atoms with van der Waals surface area (Å²) in [5.41, 5.74) is 2.80. The van der Waals surface area contributed by atoms with E-state index in [1.807, 2.05) is 42.9 Å². The molecule has 6 heteroatoms. The molecule has 0 bridgehead atoms. The molecule has 0 spiro atoms. The van der Waals surface area contributed by atoms with Gasteiger partial charge in [0.25, 0.3) is 0 Å². The Morgan fingerprint density at radius 3 is 2.57 bits per heavy atom. The fourth-order valence-electron chi connectivity index (χ4n) is 2.78. The number of carbonyl (C=O) groups is 2. The van der Waals surface area contributed by atoms with Crippen molar-refractivity contribution in [3.8, 4) is 0 Å². The first-order chi connectivity index (χ1) is 11.0. The summed E-state index contributed by atoms with van der Waals surface area (Å²) in [5, 5.41) is 0.964. The third-order valence-electron chi connectivity index (χ3n) is 3.90. The summed E-state index contributed by atoms with van der Waals surface area (Å²) in [7, 11) is 4.70. The second-order valence-electron chi connectivity index (χ2n) is 5.23. The highest BCUT2D eigenvalue weighted by Gasteiger charge is 2.20. The fraction of sp³-hybridized carbons (Fsp3) is 0.412. The molecule has 1 aromatic heterocycles. The number of benzene rings is 1. The van der Waals surface area contributed by atoms with E-state index >= 15 is 0 Å². The maximum Gasteiger partial charge on any atom is 0.414 e. The topological polar surface area (TPSA) is 60.8 Å². The highest BCUT2D eigenvalue weighted by Crippen LogP contribution is 2.32. The Labute approximate surface area is 135 Å². The molecule has 0 aliphatic heterocycles. The van der Waals surface area contributed by atoms with Gasteiger partial charge in [0.2, 0.25) is 0 Å². The maximum absolute atomic E-state index is 12.0. The SMILES string of the molecule is CCN(C(=O)OC)c1cccc2c1c(CCC(=O)OC)cn2C. The van der Waals surface area contributed by atoms with E-state index in [1.54, 1.807) is 4.90 Å². The maximum atomic E-state index is 12.0. The molecule has 0 aliphatic carbocycles. The molecular weight excluding hydrogens is 296 g/mol. The van der Waals surface area contributed by atoms with Gasteiger partial charge in [0.1, 0.15) is 0 Å². The van der Waals surface area contributed by atoms with Crippen molar-refractivity contribution in [2.24, 2.45) is 7.05 Å². The van der Waals surface area contributed by atoms with Crippen molar-refractivity contribution in [1.82, 2.24) is 4.57 Å². The van der Waals surface area contributed by atoms with Crippen LogP contribution in [0.4, 0.5) is 10.5 Å². The van der Waals surface area contributed by atoms with Crippen LogP contribution in [0.25, 0.3) is 10.9 Å². The molecule has 0 saturated heterocycles. The summed E-state index contributed by atoms with van der Waals surface area (Å²) in [5.74, 6) is -0.250. The zero-order chi connectivity index (χ0) is 17.0. The van der Waals surface area contributed by atoms with Crippen molar-refractivity contribution in [3.63, 3.8) is 0 Å². The van der Waals surface area contributed by atoms with Crippen LogP contribution in [0.2, 0.25) is 0 Å². The van der Waals surface area contributed by atoms with Crippen LogP contribution in [0.15, 0.2) is 24.4 Å². The molecule has 0 atom stereocenters. The molecule has 1 heterocycles. The van der Waals surface area contributed by atoms with Crippen LogP contribution in [-0.4, -0.2) is 37.4 Å². The van der Waals surface area contributed by atoms with E-state index in [9.17, 15) is 9.59 Å². The van der Waals surface area contributed by atoms with Crippen molar-refractivity contribution in [1.29, 1.82) is 0 Å². The predicted octanol–water partition coefficient (Wildman–Crippen LogP) is 2.88. The van der Waals surface area contributed by atoms with Gasteiger partial charge in [-0.2, -0.15) is 0 Å². The number of hydrogen-bond donors (Lipinski definition) is 0. The largest absolute Gasteiger partial charge is 0.469 e. The van der Waals surface area contributed by atoms with Crippen molar-refractivity contribution < 1.29 is 19.1 Å². The predicted molar refractivity (Wildman–Crippen MR) is 88.7 cm³/mol. The first-order valence-electron chi connectivity index (χ1n) is 7.52. The molecule has 0 radical (unpaired) electrons. The van der Waals surface area contributed by atoms with E-state index in [0.29, 0.717) is 19.4 Å². The van der Waals surface area contributed by atoms with Gasteiger partial charge in [-0.15, -0.1) is 0 Å². The van der Waals surface area contributed by atoms with Gasteiger partial charge >= 0.3 is 12.1 Å². The summed E-state index contributed by atoms with van der Waals surface area (Å²) in [6.45, 7) is 2.39. The lowest BCUT2D eigenvalue weighted by molar-refractivity contribution is -0.140. The van der Waals surface area contributed by atoms with Crippen molar-refractivity contribution in [3.05, 3.63) is 30.0 Å². The number of nitrogens with zero attached hydrogens (tertiary/aromatic N) is 2. The highest BCUT2D eigenvalue weighted by atomic mass is 16.5. The Morgan fingerprint density at radius 2 is 1.96 bits per heavy atom. The van der Waals surface area contributed by atoms with Crippen molar-refractivity contribution >= 4 is 28.7 Å². The van der Waals surface area contributed by atoms with Crippen molar-refractivity contribution in [2.75, 3.05) is 25.7 Å².